The van der Waals surface area contributed by atoms with Crippen molar-refractivity contribution in [3.63, 3.8) is 0 Å². The van der Waals surface area contributed by atoms with Gasteiger partial charge in [-0.1, -0.05) is 38.1 Å². The van der Waals surface area contributed by atoms with Gasteiger partial charge >= 0.3 is 6.09 Å². The summed E-state index contributed by atoms with van der Waals surface area (Å²) in [5.41, 5.74) is 2.19. The third-order valence-corrected chi connectivity index (χ3v) is 2.97. The number of carbonyl (C=O) groups excluding carboxylic acids is 1. The van der Waals surface area contributed by atoms with E-state index in [0.29, 0.717) is 19.0 Å². The Hall–Kier alpha value is -1.55. The topological polar surface area (TPSA) is 50.4 Å². The van der Waals surface area contributed by atoms with Gasteiger partial charge in [-0.25, -0.2) is 4.79 Å². The molecule has 1 rings (SSSR count). The van der Waals surface area contributed by atoms with E-state index < -0.39 is 5.60 Å². The first-order valence-corrected chi connectivity index (χ1v) is 8.01. The zero-order valence-corrected chi connectivity index (χ0v) is 14.5. The number of amides is 1. The van der Waals surface area contributed by atoms with Gasteiger partial charge in [-0.3, -0.25) is 0 Å². The minimum Gasteiger partial charge on any atom is -0.444 e. The van der Waals surface area contributed by atoms with Crippen LogP contribution in [0.25, 0.3) is 0 Å². The smallest absolute Gasteiger partial charge is 0.407 e. The van der Waals surface area contributed by atoms with Gasteiger partial charge < -0.3 is 15.4 Å². The van der Waals surface area contributed by atoms with Crippen LogP contribution >= 0.6 is 0 Å². The van der Waals surface area contributed by atoms with Crippen LogP contribution in [0.5, 0.6) is 0 Å². The molecule has 2 N–H and O–H groups in total. The van der Waals surface area contributed by atoms with Crippen LogP contribution in [0.1, 0.15) is 45.7 Å². The predicted molar refractivity (Wildman–Crippen MR) is 90.9 cm³/mol. The summed E-state index contributed by atoms with van der Waals surface area (Å²) in [7, 11) is 0. The summed E-state index contributed by atoms with van der Waals surface area (Å²) in [6.07, 6.45) is 0.750. The Balaban J connectivity index is 2.18. The van der Waals surface area contributed by atoms with E-state index in [1.807, 2.05) is 20.8 Å². The summed E-state index contributed by atoms with van der Waals surface area (Å²) in [6.45, 7) is 12.1. The molecule has 0 atom stereocenters. The molecule has 0 radical (unpaired) electrons. The fourth-order valence-corrected chi connectivity index (χ4v) is 2.06. The first kappa shape index (κ1) is 18.5. The molecule has 0 unspecified atom stereocenters. The first-order valence-electron chi connectivity index (χ1n) is 8.01. The summed E-state index contributed by atoms with van der Waals surface area (Å²) in [6, 6.07) is 8.70. The SMILES string of the molecule is CC(C)Cc1ccc(CNCCNC(=O)OC(C)(C)C)cc1. The lowest BCUT2D eigenvalue weighted by Crippen LogP contribution is -2.36. The molecule has 1 amide bonds. The maximum atomic E-state index is 11.5. The van der Waals surface area contributed by atoms with Crippen molar-refractivity contribution in [3.8, 4) is 0 Å². The third kappa shape index (κ3) is 8.67. The van der Waals surface area contributed by atoms with Crippen molar-refractivity contribution >= 4 is 6.09 Å². The quantitative estimate of drug-likeness (QED) is 0.758. The van der Waals surface area contributed by atoms with Gasteiger partial charge in [0.05, 0.1) is 0 Å². The maximum absolute atomic E-state index is 11.5. The molecule has 0 spiro atoms. The second-order valence-corrected chi connectivity index (χ2v) is 7.02. The summed E-state index contributed by atoms with van der Waals surface area (Å²) in [4.78, 5) is 11.5. The highest BCUT2D eigenvalue weighted by Gasteiger charge is 2.15. The number of ether oxygens (including phenoxy) is 1. The van der Waals surface area contributed by atoms with Gasteiger partial charge in [0.25, 0.3) is 0 Å². The lowest BCUT2D eigenvalue weighted by Gasteiger charge is -2.19. The monoisotopic (exact) mass is 306 g/mol. The summed E-state index contributed by atoms with van der Waals surface area (Å²) >= 11 is 0. The maximum Gasteiger partial charge on any atom is 0.407 e. The van der Waals surface area contributed by atoms with Gasteiger partial charge in [0.15, 0.2) is 0 Å². The van der Waals surface area contributed by atoms with Crippen molar-refractivity contribution < 1.29 is 9.53 Å². The van der Waals surface area contributed by atoms with Crippen LogP contribution in [-0.2, 0) is 17.7 Å². The Labute approximate surface area is 134 Å². The molecule has 0 saturated heterocycles. The highest BCUT2D eigenvalue weighted by molar-refractivity contribution is 5.67. The Morgan fingerprint density at radius 3 is 2.23 bits per heavy atom. The second kappa shape index (κ2) is 8.79. The molecule has 0 aliphatic heterocycles. The van der Waals surface area contributed by atoms with Crippen molar-refractivity contribution in [3.05, 3.63) is 35.4 Å². The van der Waals surface area contributed by atoms with E-state index >= 15 is 0 Å². The second-order valence-electron chi connectivity index (χ2n) is 7.02. The van der Waals surface area contributed by atoms with Crippen molar-refractivity contribution in [1.29, 1.82) is 0 Å². The highest BCUT2D eigenvalue weighted by Crippen LogP contribution is 2.09. The van der Waals surface area contributed by atoms with Crippen molar-refractivity contribution in [2.45, 2.75) is 53.2 Å². The molecular formula is C18H30N2O2. The number of nitrogens with one attached hydrogen (secondary N) is 2. The predicted octanol–water partition coefficient (Wildman–Crippen LogP) is 3.50. The van der Waals surface area contributed by atoms with Gasteiger partial charge in [0, 0.05) is 19.6 Å². The number of carbonyl (C=O) groups is 1. The molecule has 0 aliphatic rings. The van der Waals surface area contributed by atoms with Crippen molar-refractivity contribution in [1.82, 2.24) is 10.6 Å². The molecule has 22 heavy (non-hydrogen) atoms. The molecule has 0 saturated carbocycles. The Morgan fingerprint density at radius 2 is 1.68 bits per heavy atom. The molecule has 124 valence electrons. The number of hydrogen-bond donors (Lipinski definition) is 2. The fourth-order valence-electron chi connectivity index (χ4n) is 2.06. The number of alkyl carbamates (subject to hydrolysis) is 1. The van der Waals surface area contributed by atoms with Gasteiger partial charge in [0.1, 0.15) is 5.60 Å². The van der Waals surface area contributed by atoms with E-state index in [4.69, 9.17) is 4.74 Å². The zero-order valence-electron chi connectivity index (χ0n) is 14.5. The first-order chi connectivity index (χ1) is 10.3. The summed E-state index contributed by atoms with van der Waals surface area (Å²) in [5.74, 6) is 0.683. The minimum absolute atomic E-state index is 0.368. The van der Waals surface area contributed by atoms with E-state index in [9.17, 15) is 4.79 Å². The van der Waals surface area contributed by atoms with Gasteiger partial charge in [0.2, 0.25) is 0 Å². The number of benzene rings is 1. The summed E-state index contributed by atoms with van der Waals surface area (Å²) in [5, 5.41) is 6.04. The summed E-state index contributed by atoms with van der Waals surface area (Å²) < 4.78 is 5.17. The Kier molecular flexibility index (Phi) is 7.39. The van der Waals surface area contributed by atoms with Crippen LogP contribution < -0.4 is 10.6 Å². The van der Waals surface area contributed by atoms with Crippen LogP contribution in [0.15, 0.2) is 24.3 Å². The minimum atomic E-state index is -0.449. The molecule has 4 nitrogen and oxygen atoms in total. The standard InChI is InChI=1S/C18H30N2O2/c1-14(2)12-15-6-8-16(9-7-15)13-19-10-11-20-17(21)22-18(3,4)5/h6-9,14,19H,10-13H2,1-5H3,(H,20,21). The van der Waals surface area contributed by atoms with Crippen LogP contribution in [-0.4, -0.2) is 24.8 Å². The van der Waals surface area contributed by atoms with E-state index in [1.165, 1.54) is 11.1 Å². The Bertz CT molecular complexity index is 447. The van der Waals surface area contributed by atoms with Crippen molar-refractivity contribution in [2.75, 3.05) is 13.1 Å². The van der Waals surface area contributed by atoms with Gasteiger partial charge in [-0.05, 0) is 44.2 Å². The lowest BCUT2D eigenvalue weighted by atomic mass is 10.0. The normalized spacial score (nSPS) is 11.5. The average Bonchev–Trinajstić information content (AvgIpc) is 2.37. The molecule has 0 bridgehead atoms. The molecule has 4 heteroatoms. The van der Waals surface area contributed by atoms with E-state index in [-0.39, 0.29) is 6.09 Å². The van der Waals surface area contributed by atoms with Crippen LogP contribution in [0, 0.1) is 5.92 Å². The number of hydrogen-bond acceptors (Lipinski definition) is 3. The van der Waals surface area contributed by atoms with E-state index in [1.54, 1.807) is 0 Å². The largest absolute Gasteiger partial charge is 0.444 e. The van der Waals surface area contributed by atoms with Gasteiger partial charge in [-0.2, -0.15) is 0 Å². The molecular weight excluding hydrogens is 276 g/mol. The molecule has 0 heterocycles. The molecule has 1 aromatic carbocycles. The van der Waals surface area contributed by atoms with Crippen LogP contribution in [0.4, 0.5) is 4.79 Å². The molecule has 0 fully saturated rings. The van der Waals surface area contributed by atoms with Crippen molar-refractivity contribution in [2.24, 2.45) is 5.92 Å². The molecule has 0 aromatic heterocycles. The van der Waals surface area contributed by atoms with Crippen LogP contribution in [0.3, 0.4) is 0 Å². The lowest BCUT2D eigenvalue weighted by molar-refractivity contribution is 0.0528. The van der Waals surface area contributed by atoms with E-state index in [2.05, 4.69) is 48.7 Å². The molecule has 1 aromatic rings. The average molecular weight is 306 g/mol. The highest BCUT2D eigenvalue weighted by atomic mass is 16.6. The van der Waals surface area contributed by atoms with Gasteiger partial charge in [-0.15, -0.1) is 0 Å². The van der Waals surface area contributed by atoms with E-state index in [0.717, 1.165) is 13.0 Å². The number of rotatable bonds is 7. The third-order valence-electron chi connectivity index (χ3n) is 2.97. The van der Waals surface area contributed by atoms with Crippen LogP contribution in [0.2, 0.25) is 0 Å². The zero-order chi connectivity index (χ0) is 16.6. The fraction of sp³-hybridized carbons (Fsp3) is 0.611. The molecule has 0 aliphatic carbocycles. The Morgan fingerprint density at radius 1 is 1.09 bits per heavy atom.